The average molecular weight is 276 g/mol. The standard InChI is InChI=1S/C15H20N2OS/c1-17(13-7-3-2-4-8-13)15(18)14-12(6-5-10-16)9-11-19-14/h9,11,13H,2-4,7-8,10,16H2,1H3. The summed E-state index contributed by atoms with van der Waals surface area (Å²) in [5.74, 6) is 5.90. The first-order valence-corrected chi connectivity index (χ1v) is 7.65. The molecule has 19 heavy (non-hydrogen) atoms. The number of carbonyl (C=O) groups excluding carboxylic acids is 1. The number of nitrogens with two attached hydrogens (primary N) is 1. The molecule has 2 rings (SSSR count). The smallest absolute Gasteiger partial charge is 0.265 e. The molecular formula is C15H20N2OS. The molecule has 1 heterocycles. The zero-order valence-corrected chi connectivity index (χ0v) is 12.1. The van der Waals surface area contributed by atoms with E-state index in [0.717, 1.165) is 23.3 Å². The third-order valence-electron chi connectivity index (χ3n) is 3.63. The van der Waals surface area contributed by atoms with E-state index in [9.17, 15) is 4.79 Å². The van der Waals surface area contributed by atoms with E-state index in [1.165, 1.54) is 30.6 Å². The van der Waals surface area contributed by atoms with Gasteiger partial charge in [0.25, 0.3) is 5.91 Å². The molecular weight excluding hydrogens is 256 g/mol. The highest BCUT2D eigenvalue weighted by Gasteiger charge is 2.24. The largest absolute Gasteiger partial charge is 0.338 e. The van der Waals surface area contributed by atoms with Gasteiger partial charge in [-0.3, -0.25) is 4.79 Å². The minimum atomic E-state index is 0.100. The summed E-state index contributed by atoms with van der Waals surface area (Å²) in [5, 5.41) is 1.92. The second kappa shape index (κ2) is 6.74. The normalized spacial score (nSPS) is 15.7. The van der Waals surface area contributed by atoms with Gasteiger partial charge in [0.15, 0.2) is 0 Å². The van der Waals surface area contributed by atoms with Crippen LogP contribution in [-0.2, 0) is 0 Å². The number of hydrogen-bond acceptors (Lipinski definition) is 3. The Balaban J connectivity index is 2.12. The van der Waals surface area contributed by atoms with Crippen molar-refractivity contribution in [1.29, 1.82) is 0 Å². The molecule has 1 aliphatic rings. The third kappa shape index (κ3) is 3.37. The second-order valence-corrected chi connectivity index (χ2v) is 5.79. The van der Waals surface area contributed by atoms with Crippen LogP contribution in [0.3, 0.4) is 0 Å². The van der Waals surface area contributed by atoms with Gasteiger partial charge in [0.1, 0.15) is 4.88 Å². The van der Waals surface area contributed by atoms with Crippen LogP contribution in [-0.4, -0.2) is 30.4 Å². The molecule has 0 aliphatic heterocycles. The van der Waals surface area contributed by atoms with Crippen LogP contribution in [0.1, 0.15) is 47.3 Å². The van der Waals surface area contributed by atoms with E-state index in [1.807, 2.05) is 23.4 Å². The number of thiophene rings is 1. The Bertz CT molecular complexity index is 492. The summed E-state index contributed by atoms with van der Waals surface area (Å²) in [6, 6.07) is 2.29. The van der Waals surface area contributed by atoms with Gasteiger partial charge in [0, 0.05) is 18.7 Å². The van der Waals surface area contributed by atoms with Crippen molar-refractivity contribution in [2.45, 2.75) is 38.1 Å². The molecule has 0 saturated heterocycles. The van der Waals surface area contributed by atoms with E-state index in [-0.39, 0.29) is 5.91 Å². The van der Waals surface area contributed by atoms with Crippen LogP contribution >= 0.6 is 11.3 Å². The zero-order chi connectivity index (χ0) is 13.7. The summed E-state index contributed by atoms with van der Waals surface area (Å²) in [4.78, 5) is 15.2. The van der Waals surface area contributed by atoms with Crippen molar-refractivity contribution >= 4 is 17.2 Å². The SMILES string of the molecule is CN(C(=O)c1sccc1C#CCN)C1CCCCC1. The Morgan fingerprint density at radius 3 is 2.89 bits per heavy atom. The third-order valence-corrected chi connectivity index (χ3v) is 4.53. The summed E-state index contributed by atoms with van der Waals surface area (Å²) in [5.41, 5.74) is 6.19. The molecule has 1 aliphatic carbocycles. The summed E-state index contributed by atoms with van der Waals surface area (Å²) in [7, 11) is 1.91. The lowest BCUT2D eigenvalue weighted by Crippen LogP contribution is -2.38. The van der Waals surface area contributed by atoms with E-state index in [2.05, 4.69) is 11.8 Å². The predicted molar refractivity (Wildman–Crippen MR) is 79.2 cm³/mol. The summed E-state index contributed by atoms with van der Waals surface area (Å²) >= 11 is 1.47. The van der Waals surface area contributed by atoms with E-state index in [0.29, 0.717) is 12.6 Å². The zero-order valence-electron chi connectivity index (χ0n) is 11.3. The highest BCUT2D eigenvalue weighted by atomic mass is 32.1. The molecule has 1 saturated carbocycles. The minimum absolute atomic E-state index is 0.100. The molecule has 0 aromatic carbocycles. The maximum absolute atomic E-state index is 12.5. The van der Waals surface area contributed by atoms with E-state index in [4.69, 9.17) is 5.73 Å². The minimum Gasteiger partial charge on any atom is -0.338 e. The van der Waals surface area contributed by atoms with Crippen molar-refractivity contribution < 1.29 is 4.79 Å². The van der Waals surface area contributed by atoms with Crippen molar-refractivity contribution in [3.63, 3.8) is 0 Å². The van der Waals surface area contributed by atoms with Gasteiger partial charge in [0.2, 0.25) is 0 Å². The number of nitrogens with zero attached hydrogens (tertiary/aromatic N) is 1. The Kier molecular flexibility index (Phi) is 5.00. The number of rotatable bonds is 2. The fraction of sp³-hybridized carbons (Fsp3) is 0.533. The maximum Gasteiger partial charge on any atom is 0.265 e. The Hall–Kier alpha value is -1.31. The number of carbonyl (C=O) groups is 1. The molecule has 3 nitrogen and oxygen atoms in total. The molecule has 102 valence electrons. The van der Waals surface area contributed by atoms with Crippen molar-refractivity contribution in [2.75, 3.05) is 13.6 Å². The molecule has 2 N–H and O–H groups in total. The monoisotopic (exact) mass is 276 g/mol. The van der Waals surface area contributed by atoms with Gasteiger partial charge in [-0.15, -0.1) is 11.3 Å². The first kappa shape index (κ1) is 14.1. The lowest BCUT2D eigenvalue weighted by atomic mass is 9.94. The topological polar surface area (TPSA) is 46.3 Å². The van der Waals surface area contributed by atoms with Crippen molar-refractivity contribution in [3.05, 3.63) is 21.9 Å². The number of amides is 1. The van der Waals surface area contributed by atoms with Gasteiger partial charge in [-0.05, 0) is 24.3 Å². The molecule has 0 bridgehead atoms. The second-order valence-electron chi connectivity index (χ2n) is 4.88. The molecule has 0 unspecified atom stereocenters. The quantitative estimate of drug-likeness (QED) is 0.843. The maximum atomic E-state index is 12.5. The van der Waals surface area contributed by atoms with Crippen LogP contribution in [0.5, 0.6) is 0 Å². The van der Waals surface area contributed by atoms with Crippen LogP contribution < -0.4 is 5.73 Å². The summed E-state index contributed by atoms with van der Waals surface area (Å²) in [6.07, 6.45) is 6.00. The lowest BCUT2D eigenvalue weighted by Gasteiger charge is -2.31. The van der Waals surface area contributed by atoms with Gasteiger partial charge in [-0.25, -0.2) is 0 Å². The molecule has 0 spiro atoms. The molecule has 1 fully saturated rings. The Morgan fingerprint density at radius 1 is 1.47 bits per heavy atom. The van der Waals surface area contributed by atoms with Crippen LogP contribution in [0, 0.1) is 11.8 Å². The summed E-state index contributed by atoms with van der Waals surface area (Å²) < 4.78 is 0. The van der Waals surface area contributed by atoms with Gasteiger partial charge in [-0.1, -0.05) is 31.1 Å². The van der Waals surface area contributed by atoms with E-state index in [1.54, 1.807) is 0 Å². The van der Waals surface area contributed by atoms with Crippen LogP contribution in [0.25, 0.3) is 0 Å². The van der Waals surface area contributed by atoms with E-state index >= 15 is 0 Å². The van der Waals surface area contributed by atoms with Crippen molar-refractivity contribution in [1.82, 2.24) is 4.90 Å². The van der Waals surface area contributed by atoms with Gasteiger partial charge in [-0.2, -0.15) is 0 Å². The van der Waals surface area contributed by atoms with Crippen LogP contribution in [0.15, 0.2) is 11.4 Å². The Morgan fingerprint density at radius 2 is 2.21 bits per heavy atom. The van der Waals surface area contributed by atoms with Crippen LogP contribution in [0.4, 0.5) is 0 Å². The highest BCUT2D eigenvalue weighted by Crippen LogP contribution is 2.25. The van der Waals surface area contributed by atoms with Crippen LogP contribution in [0.2, 0.25) is 0 Å². The molecule has 0 radical (unpaired) electrons. The first-order valence-electron chi connectivity index (χ1n) is 6.77. The fourth-order valence-electron chi connectivity index (χ4n) is 2.51. The number of hydrogen-bond donors (Lipinski definition) is 1. The Labute approximate surface area is 118 Å². The predicted octanol–water partition coefficient (Wildman–Crippen LogP) is 2.46. The first-order chi connectivity index (χ1) is 9.24. The van der Waals surface area contributed by atoms with Gasteiger partial charge in [0.05, 0.1) is 6.54 Å². The fourth-order valence-corrected chi connectivity index (χ4v) is 3.34. The van der Waals surface area contributed by atoms with Gasteiger partial charge >= 0.3 is 0 Å². The lowest BCUT2D eigenvalue weighted by molar-refractivity contribution is 0.0701. The molecule has 1 aromatic heterocycles. The van der Waals surface area contributed by atoms with Crippen molar-refractivity contribution in [3.8, 4) is 11.8 Å². The van der Waals surface area contributed by atoms with E-state index < -0.39 is 0 Å². The highest BCUT2D eigenvalue weighted by molar-refractivity contribution is 7.12. The van der Waals surface area contributed by atoms with Gasteiger partial charge < -0.3 is 10.6 Å². The summed E-state index contributed by atoms with van der Waals surface area (Å²) in [6.45, 7) is 0.321. The molecule has 4 heteroatoms. The molecule has 1 aromatic rings. The molecule has 0 atom stereocenters. The molecule has 1 amide bonds. The average Bonchev–Trinajstić information content (AvgIpc) is 2.92. The van der Waals surface area contributed by atoms with Crippen molar-refractivity contribution in [2.24, 2.45) is 5.73 Å².